The summed E-state index contributed by atoms with van der Waals surface area (Å²) in [6.07, 6.45) is 12.4. The van der Waals surface area contributed by atoms with Crippen molar-refractivity contribution in [3.63, 3.8) is 0 Å². The van der Waals surface area contributed by atoms with Gasteiger partial charge in [0.05, 0.1) is 5.92 Å². The molecule has 2 aromatic heterocycles. The Kier molecular flexibility index (Phi) is 6.70. The number of fused-ring (bicyclic) bond motifs is 1. The summed E-state index contributed by atoms with van der Waals surface area (Å²) < 4.78 is 11.5. The number of benzene rings is 2. The Labute approximate surface area is 203 Å². The van der Waals surface area contributed by atoms with Gasteiger partial charge in [-0.15, -0.1) is 0 Å². The standard InChI is InChI=1S/C29H26N2O4/c32-27(33)19-34-26-13-5-11-24-20(9-4-12-25(24)26)14-15-23-18-35-29(31-23)28(21-7-2-1-3-8-21)22-10-6-16-30-17-22/h1-3,5-8,10-11,13-18,20,28H,4,9,12,19H2,(H,32,33). The lowest BCUT2D eigenvalue weighted by Crippen LogP contribution is -2.14. The van der Waals surface area contributed by atoms with Crippen molar-refractivity contribution < 1.29 is 19.1 Å². The molecule has 2 unspecified atom stereocenters. The lowest BCUT2D eigenvalue weighted by Gasteiger charge is -2.25. The summed E-state index contributed by atoms with van der Waals surface area (Å²) >= 11 is 0. The zero-order valence-electron chi connectivity index (χ0n) is 19.2. The number of rotatable bonds is 8. The van der Waals surface area contributed by atoms with Gasteiger partial charge in [-0.05, 0) is 59.7 Å². The summed E-state index contributed by atoms with van der Waals surface area (Å²) in [5.41, 5.74) is 5.14. The molecule has 35 heavy (non-hydrogen) atoms. The van der Waals surface area contributed by atoms with Gasteiger partial charge in [0.15, 0.2) is 6.61 Å². The third kappa shape index (κ3) is 5.17. The van der Waals surface area contributed by atoms with Crippen LogP contribution in [0.15, 0.2) is 89.8 Å². The van der Waals surface area contributed by atoms with Gasteiger partial charge in [0.25, 0.3) is 0 Å². The number of carbonyl (C=O) groups is 1. The van der Waals surface area contributed by atoms with Gasteiger partial charge in [-0.1, -0.05) is 54.6 Å². The number of aromatic nitrogens is 2. The van der Waals surface area contributed by atoms with E-state index in [-0.39, 0.29) is 18.4 Å². The molecule has 2 aromatic carbocycles. The summed E-state index contributed by atoms with van der Waals surface area (Å²) in [7, 11) is 0. The first kappa shape index (κ1) is 22.6. The number of carboxylic acids is 1. The number of pyridine rings is 1. The molecule has 6 nitrogen and oxygen atoms in total. The zero-order valence-corrected chi connectivity index (χ0v) is 19.2. The number of hydrogen-bond donors (Lipinski definition) is 1. The van der Waals surface area contributed by atoms with Gasteiger partial charge in [0.2, 0.25) is 5.89 Å². The lowest BCUT2D eigenvalue weighted by atomic mass is 9.82. The van der Waals surface area contributed by atoms with Gasteiger partial charge in [-0.3, -0.25) is 4.98 Å². The zero-order chi connectivity index (χ0) is 24.0. The molecule has 0 spiro atoms. The van der Waals surface area contributed by atoms with Crippen molar-refractivity contribution >= 4 is 12.0 Å². The van der Waals surface area contributed by atoms with Gasteiger partial charge in [0, 0.05) is 18.3 Å². The van der Waals surface area contributed by atoms with Gasteiger partial charge >= 0.3 is 5.97 Å². The molecule has 0 saturated carbocycles. The topological polar surface area (TPSA) is 85.5 Å². The molecule has 1 aliphatic carbocycles. The van der Waals surface area contributed by atoms with Gasteiger partial charge in [-0.25, -0.2) is 9.78 Å². The lowest BCUT2D eigenvalue weighted by molar-refractivity contribution is -0.139. The fraction of sp³-hybridized carbons (Fsp3) is 0.207. The first-order chi connectivity index (χ1) is 17.2. The van der Waals surface area contributed by atoms with Crippen molar-refractivity contribution in [3.05, 3.63) is 119 Å². The third-order valence-electron chi connectivity index (χ3n) is 6.30. The van der Waals surface area contributed by atoms with Crippen LogP contribution in [0.1, 0.15) is 58.5 Å². The highest BCUT2D eigenvalue weighted by Crippen LogP contribution is 2.38. The molecular weight excluding hydrogens is 440 g/mol. The molecule has 2 atom stereocenters. The fourth-order valence-electron chi connectivity index (χ4n) is 4.72. The average Bonchev–Trinajstić information content (AvgIpc) is 3.36. The number of carboxylic acid groups (broad SMARTS) is 1. The number of allylic oxidation sites excluding steroid dienone is 1. The molecule has 0 fully saturated rings. The van der Waals surface area contributed by atoms with Gasteiger partial charge < -0.3 is 14.3 Å². The number of hydrogen-bond acceptors (Lipinski definition) is 5. The largest absolute Gasteiger partial charge is 0.482 e. The Hall–Kier alpha value is -4.19. The van der Waals surface area contributed by atoms with Crippen LogP contribution in [0.4, 0.5) is 0 Å². The van der Waals surface area contributed by atoms with E-state index in [4.69, 9.17) is 19.2 Å². The highest BCUT2D eigenvalue weighted by atomic mass is 16.5. The first-order valence-electron chi connectivity index (χ1n) is 11.7. The summed E-state index contributed by atoms with van der Waals surface area (Å²) in [6, 6.07) is 20.0. The van der Waals surface area contributed by atoms with Crippen molar-refractivity contribution in [1.82, 2.24) is 9.97 Å². The van der Waals surface area contributed by atoms with E-state index in [9.17, 15) is 4.79 Å². The number of oxazole rings is 1. The molecule has 176 valence electrons. The molecule has 0 saturated heterocycles. The van der Waals surface area contributed by atoms with E-state index in [2.05, 4.69) is 29.3 Å². The van der Waals surface area contributed by atoms with E-state index < -0.39 is 5.97 Å². The maximum Gasteiger partial charge on any atom is 0.341 e. The van der Waals surface area contributed by atoms with Crippen molar-refractivity contribution in [3.8, 4) is 5.75 Å². The third-order valence-corrected chi connectivity index (χ3v) is 6.30. The molecule has 0 amide bonds. The van der Waals surface area contributed by atoms with E-state index >= 15 is 0 Å². The van der Waals surface area contributed by atoms with Crippen LogP contribution in [0.25, 0.3) is 6.08 Å². The van der Waals surface area contributed by atoms with E-state index in [0.717, 1.165) is 41.6 Å². The van der Waals surface area contributed by atoms with Crippen LogP contribution in [0.5, 0.6) is 5.75 Å². The Balaban J connectivity index is 1.39. The minimum atomic E-state index is -0.975. The summed E-state index contributed by atoms with van der Waals surface area (Å²) in [4.78, 5) is 20.0. The number of nitrogens with zero attached hydrogens (tertiary/aromatic N) is 2. The Morgan fingerprint density at radius 2 is 1.97 bits per heavy atom. The summed E-state index contributed by atoms with van der Waals surface area (Å²) in [5, 5.41) is 8.97. The molecule has 0 radical (unpaired) electrons. The SMILES string of the molecule is O=C(O)COc1cccc2c1CCCC2C=Cc1coc(C(c2ccccc2)c2cccnc2)n1. The maximum atomic E-state index is 10.9. The minimum absolute atomic E-state index is 0.142. The molecule has 4 aromatic rings. The monoisotopic (exact) mass is 466 g/mol. The van der Waals surface area contributed by atoms with E-state index in [1.165, 1.54) is 5.56 Å². The Bertz CT molecular complexity index is 1280. The first-order valence-corrected chi connectivity index (χ1v) is 11.7. The quantitative estimate of drug-likeness (QED) is 0.351. The Morgan fingerprint density at radius 3 is 2.77 bits per heavy atom. The predicted octanol–water partition coefficient (Wildman–Crippen LogP) is 5.85. The van der Waals surface area contributed by atoms with E-state index in [0.29, 0.717) is 11.6 Å². The smallest absolute Gasteiger partial charge is 0.341 e. The second-order valence-electron chi connectivity index (χ2n) is 8.60. The predicted molar refractivity (Wildman–Crippen MR) is 132 cm³/mol. The number of ether oxygens (including phenoxy) is 1. The molecule has 1 N–H and O–H groups in total. The molecule has 0 bridgehead atoms. The molecule has 5 rings (SSSR count). The van der Waals surface area contributed by atoms with Crippen LogP contribution in [0, 0.1) is 0 Å². The minimum Gasteiger partial charge on any atom is -0.482 e. The van der Waals surface area contributed by atoms with Crippen LogP contribution in [0.2, 0.25) is 0 Å². The molecule has 1 aliphatic rings. The molecular formula is C29H26N2O4. The fourth-order valence-corrected chi connectivity index (χ4v) is 4.72. The van der Waals surface area contributed by atoms with Crippen LogP contribution < -0.4 is 4.74 Å². The maximum absolute atomic E-state index is 10.9. The molecule has 2 heterocycles. The average molecular weight is 467 g/mol. The van der Waals surface area contributed by atoms with Crippen LogP contribution in [-0.4, -0.2) is 27.7 Å². The van der Waals surface area contributed by atoms with Gasteiger partial charge in [0.1, 0.15) is 17.7 Å². The van der Waals surface area contributed by atoms with Crippen LogP contribution >= 0.6 is 0 Å². The number of aliphatic carboxylic acids is 1. The highest BCUT2D eigenvalue weighted by molar-refractivity contribution is 5.68. The summed E-state index contributed by atoms with van der Waals surface area (Å²) in [6.45, 7) is -0.335. The Morgan fingerprint density at radius 1 is 1.11 bits per heavy atom. The van der Waals surface area contributed by atoms with Crippen molar-refractivity contribution in [2.75, 3.05) is 6.61 Å². The van der Waals surface area contributed by atoms with Crippen LogP contribution in [0.3, 0.4) is 0 Å². The van der Waals surface area contributed by atoms with E-state index in [1.807, 2.05) is 54.7 Å². The van der Waals surface area contributed by atoms with Crippen LogP contribution in [-0.2, 0) is 11.2 Å². The van der Waals surface area contributed by atoms with Gasteiger partial charge in [-0.2, -0.15) is 0 Å². The second kappa shape index (κ2) is 10.4. The normalized spacial score (nSPS) is 16.1. The highest BCUT2D eigenvalue weighted by Gasteiger charge is 2.23. The van der Waals surface area contributed by atoms with Crippen molar-refractivity contribution in [1.29, 1.82) is 0 Å². The van der Waals surface area contributed by atoms with E-state index in [1.54, 1.807) is 12.5 Å². The second-order valence-corrected chi connectivity index (χ2v) is 8.60. The van der Waals surface area contributed by atoms with Crippen molar-refractivity contribution in [2.24, 2.45) is 0 Å². The molecule has 0 aliphatic heterocycles. The van der Waals surface area contributed by atoms with Crippen molar-refractivity contribution in [2.45, 2.75) is 31.1 Å². The molecule has 6 heteroatoms. The summed E-state index contributed by atoms with van der Waals surface area (Å²) in [5.74, 6) is 0.370.